The number of amides is 1. The number of aliphatic hydroxyl groups is 2. The minimum Gasteiger partial charge on any atom is -0.458 e. The van der Waals surface area contributed by atoms with Gasteiger partial charge >= 0.3 is 5.97 Å². The quantitative estimate of drug-likeness (QED) is 0.352. The first-order chi connectivity index (χ1) is 17.6. The molecule has 0 radical (unpaired) electrons. The number of carbonyl (C=O) groups excluding carboxylic acids is 2. The zero-order valence-electron chi connectivity index (χ0n) is 20.4. The molecule has 2 atom stereocenters. The van der Waals surface area contributed by atoms with Gasteiger partial charge in [0.2, 0.25) is 5.91 Å². The summed E-state index contributed by atoms with van der Waals surface area (Å²) in [6.45, 7) is 2.94. The molecule has 3 aliphatic rings. The molecular weight excluding hydrogens is 481 g/mol. The van der Waals surface area contributed by atoms with Crippen molar-refractivity contribution in [2.75, 3.05) is 0 Å². The van der Waals surface area contributed by atoms with Gasteiger partial charge in [-0.1, -0.05) is 12.8 Å². The van der Waals surface area contributed by atoms with Crippen molar-refractivity contribution in [3.05, 3.63) is 62.2 Å². The molecule has 4 heterocycles. The number of fused-ring (bicyclic) bond motifs is 5. The van der Waals surface area contributed by atoms with E-state index in [1.54, 1.807) is 19.1 Å². The number of aryl methyl sites for hydroxylation is 1. The number of pyridine rings is 2. The summed E-state index contributed by atoms with van der Waals surface area (Å²) < 4.78 is 21.3. The van der Waals surface area contributed by atoms with Crippen molar-refractivity contribution in [2.24, 2.45) is 5.92 Å². The molecule has 37 heavy (non-hydrogen) atoms. The van der Waals surface area contributed by atoms with Crippen LogP contribution < -0.4 is 10.9 Å². The predicted octanol–water partition coefficient (Wildman–Crippen LogP) is 1.91. The van der Waals surface area contributed by atoms with Crippen LogP contribution in [0, 0.1) is 18.7 Å². The highest BCUT2D eigenvalue weighted by molar-refractivity contribution is 5.90. The Bertz CT molecular complexity index is 1580. The summed E-state index contributed by atoms with van der Waals surface area (Å²) in [6, 6.07) is 4.59. The van der Waals surface area contributed by atoms with Gasteiger partial charge in [-0.3, -0.25) is 9.59 Å². The summed E-state index contributed by atoms with van der Waals surface area (Å²) in [5, 5.41) is 24.4. The van der Waals surface area contributed by atoms with E-state index in [2.05, 4.69) is 5.32 Å². The molecule has 6 rings (SSSR count). The van der Waals surface area contributed by atoms with Crippen molar-refractivity contribution in [3.8, 4) is 11.4 Å². The molecule has 192 valence electrons. The van der Waals surface area contributed by atoms with E-state index < -0.39 is 35.0 Å². The van der Waals surface area contributed by atoms with Gasteiger partial charge < -0.3 is 24.8 Å². The summed E-state index contributed by atoms with van der Waals surface area (Å²) in [4.78, 5) is 43.2. The summed E-state index contributed by atoms with van der Waals surface area (Å²) >= 11 is 0. The number of aliphatic hydroxyl groups excluding tert-OH is 1. The summed E-state index contributed by atoms with van der Waals surface area (Å²) in [7, 11) is 0. The number of aromatic nitrogens is 2. The van der Waals surface area contributed by atoms with Crippen molar-refractivity contribution in [1.29, 1.82) is 0 Å². The second kappa shape index (κ2) is 8.19. The van der Waals surface area contributed by atoms with Gasteiger partial charge in [-0.05, 0) is 49.4 Å². The fraction of sp³-hybridized carbons (Fsp3) is 0.407. The lowest BCUT2D eigenvalue weighted by Gasteiger charge is -2.32. The number of esters is 1. The van der Waals surface area contributed by atoms with E-state index in [9.17, 15) is 29.0 Å². The summed E-state index contributed by atoms with van der Waals surface area (Å²) in [5.74, 6) is -1.59. The lowest BCUT2D eigenvalue weighted by molar-refractivity contribution is -0.173. The maximum atomic E-state index is 14.5. The summed E-state index contributed by atoms with van der Waals surface area (Å²) in [6.07, 6.45) is 0.768. The van der Waals surface area contributed by atoms with Crippen LogP contribution in [0.1, 0.15) is 54.0 Å². The molecule has 2 aliphatic heterocycles. The SMILES string of the molecule is Cc1cc2c(CNC(=O)[C@@H](C)O)c3c(nc2cc1F)-c1cc2c(c(=O)n1C3)COC(=O)[C@]2(O)CC1CC1. The molecule has 1 aliphatic carbocycles. The number of cyclic esters (lactones) is 1. The summed E-state index contributed by atoms with van der Waals surface area (Å²) in [5.41, 5.74) is 1.06. The first-order valence-corrected chi connectivity index (χ1v) is 12.3. The van der Waals surface area contributed by atoms with Crippen LogP contribution in [0.25, 0.3) is 22.3 Å². The maximum Gasteiger partial charge on any atom is 0.343 e. The fourth-order valence-corrected chi connectivity index (χ4v) is 5.42. The molecule has 0 bridgehead atoms. The molecule has 10 heteroatoms. The molecule has 0 saturated heterocycles. The van der Waals surface area contributed by atoms with Gasteiger partial charge in [-0.2, -0.15) is 0 Å². The monoisotopic (exact) mass is 507 g/mol. The van der Waals surface area contributed by atoms with Crippen LogP contribution in [0.4, 0.5) is 4.39 Å². The Morgan fingerprint density at radius 2 is 2.05 bits per heavy atom. The van der Waals surface area contributed by atoms with Crippen molar-refractivity contribution < 1.29 is 28.9 Å². The minimum atomic E-state index is -1.92. The van der Waals surface area contributed by atoms with Crippen molar-refractivity contribution in [1.82, 2.24) is 14.9 Å². The Morgan fingerprint density at radius 1 is 1.30 bits per heavy atom. The second-order valence-electron chi connectivity index (χ2n) is 10.3. The van der Waals surface area contributed by atoms with Crippen LogP contribution in [0.15, 0.2) is 23.0 Å². The molecule has 1 amide bonds. The van der Waals surface area contributed by atoms with E-state index in [4.69, 9.17) is 9.72 Å². The molecule has 0 spiro atoms. The van der Waals surface area contributed by atoms with E-state index >= 15 is 0 Å². The van der Waals surface area contributed by atoms with Crippen molar-refractivity contribution in [3.63, 3.8) is 0 Å². The van der Waals surface area contributed by atoms with Crippen LogP contribution in [0.3, 0.4) is 0 Å². The lowest BCUT2D eigenvalue weighted by Crippen LogP contribution is -2.45. The van der Waals surface area contributed by atoms with E-state index in [-0.39, 0.29) is 43.2 Å². The molecule has 3 N–H and O–H groups in total. The lowest BCUT2D eigenvalue weighted by atomic mass is 9.84. The maximum absolute atomic E-state index is 14.5. The highest BCUT2D eigenvalue weighted by Gasteiger charge is 2.49. The molecule has 1 aromatic carbocycles. The van der Waals surface area contributed by atoms with Gasteiger partial charge in [0.05, 0.1) is 29.0 Å². The Hall–Kier alpha value is -3.63. The standard InChI is InChI=1S/C27H26FN3O6/c1-12-5-15-16(9-29-24(33)13(2)32)17-10-31-22(23(17)30-21(15)7-20(12)28)6-19-18(25(31)34)11-37-26(35)27(19,36)8-14-3-4-14/h5-7,13-14,32,36H,3-4,8-11H2,1-2H3,(H,29,33)/t13-,27+/m1/s1. The van der Waals surface area contributed by atoms with Gasteiger partial charge in [-0.25, -0.2) is 14.2 Å². The third-order valence-corrected chi connectivity index (χ3v) is 7.67. The molecular formula is C27H26FN3O6. The van der Waals surface area contributed by atoms with Gasteiger partial charge in [0.15, 0.2) is 5.60 Å². The minimum absolute atomic E-state index is 0.0336. The topological polar surface area (TPSA) is 131 Å². The third kappa shape index (κ3) is 3.66. The van der Waals surface area contributed by atoms with Crippen LogP contribution in [0.2, 0.25) is 0 Å². The average Bonchev–Trinajstić information content (AvgIpc) is 3.59. The van der Waals surface area contributed by atoms with Gasteiger partial charge in [0.25, 0.3) is 5.56 Å². The largest absolute Gasteiger partial charge is 0.458 e. The van der Waals surface area contributed by atoms with Gasteiger partial charge in [0.1, 0.15) is 18.5 Å². The number of nitrogens with zero attached hydrogens (tertiary/aromatic N) is 2. The number of nitrogens with one attached hydrogen (secondary N) is 1. The predicted molar refractivity (Wildman–Crippen MR) is 130 cm³/mol. The molecule has 1 saturated carbocycles. The van der Waals surface area contributed by atoms with E-state index in [0.717, 1.165) is 12.8 Å². The number of ether oxygens (including phenoxy) is 1. The Balaban J connectivity index is 1.56. The Morgan fingerprint density at radius 3 is 2.76 bits per heavy atom. The highest BCUT2D eigenvalue weighted by Crippen LogP contribution is 2.45. The Kier molecular flexibility index (Phi) is 5.26. The number of hydrogen-bond acceptors (Lipinski definition) is 7. The highest BCUT2D eigenvalue weighted by atomic mass is 19.1. The number of hydrogen-bond donors (Lipinski definition) is 3. The number of carbonyl (C=O) groups is 2. The number of benzene rings is 1. The van der Waals surface area contributed by atoms with Crippen LogP contribution >= 0.6 is 0 Å². The van der Waals surface area contributed by atoms with Crippen molar-refractivity contribution >= 4 is 22.8 Å². The normalized spacial score (nSPS) is 20.7. The smallest absolute Gasteiger partial charge is 0.343 e. The molecule has 1 fully saturated rings. The van der Waals surface area contributed by atoms with Crippen LogP contribution in [-0.4, -0.2) is 37.7 Å². The number of halogens is 1. The fourth-order valence-electron chi connectivity index (χ4n) is 5.42. The van der Waals surface area contributed by atoms with Crippen LogP contribution in [-0.2, 0) is 39.6 Å². The average molecular weight is 508 g/mol. The number of rotatable bonds is 5. The first-order valence-electron chi connectivity index (χ1n) is 12.3. The van der Waals surface area contributed by atoms with E-state index in [0.29, 0.717) is 39.0 Å². The Labute approximate surface area is 210 Å². The van der Waals surface area contributed by atoms with Crippen molar-refractivity contribution in [2.45, 2.75) is 64.5 Å². The van der Waals surface area contributed by atoms with Gasteiger partial charge in [0, 0.05) is 29.1 Å². The zero-order chi connectivity index (χ0) is 26.2. The molecule has 0 unspecified atom stereocenters. The second-order valence-corrected chi connectivity index (χ2v) is 10.3. The first kappa shape index (κ1) is 23.7. The third-order valence-electron chi connectivity index (χ3n) is 7.67. The van der Waals surface area contributed by atoms with Gasteiger partial charge in [-0.15, -0.1) is 0 Å². The zero-order valence-corrected chi connectivity index (χ0v) is 20.4. The van der Waals surface area contributed by atoms with E-state index in [1.165, 1.54) is 17.6 Å². The molecule has 2 aromatic heterocycles. The molecule has 3 aromatic rings. The van der Waals surface area contributed by atoms with Crippen LogP contribution in [0.5, 0.6) is 0 Å². The molecule has 9 nitrogen and oxygen atoms in total. The van der Waals surface area contributed by atoms with E-state index in [1.807, 2.05) is 0 Å².